The summed E-state index contributed by atoms with van der Waals surface area (Å²) in [6.07, 6.45) is 1.67. The van der Waals surface area contributed by atoms with Crippen LogP contribution >= 0.6 is 50.5 Å². The number of ether oxygens (including phenoxy) is 5. The number of carbonyl (C=O) groups excluding carboxylic acids is 1. The van der Waals surface area contributed by atoms with Crippen molar-refractivity contribution in [3.8, 4) is 23.0 Å². The number of fused-ring (bicyclic) bond motifs is 1. The van der Waals surface area contributed by atoms with Gasteiger partial charge in [0.2, 0.25) is 0 Å². The zero-order chi connectivity index (χ0) is 34.7. The molecular formula is C35H33BrCl2N2O7S. The van der Waals surface area contributed by atoms with E-state index >= 15 is 0 Å². The highest BCUT2D eigenvalue weighted by Crippen LogP contribution is 2.39. The Morgan fingerprint density at radius 3 is 2.46 bits per heavy atom. The lowest BCUT2D eigenvalue weighted by molar-refractivity contribution is -0.139. The van der Waals surface area contributed by atoms with Gasteiger partial charge >= 0.3 is 5.97 Å². The number of nitrogens with zero attached hydrogens (tertiary/aromatic N) is 2. The summed E-state index contributed by atoms with van der Waals surface area (Å²) in [5.41, 5.74) is 2.55. The minimum Gasteiger partial charge on any atom is -0.493 e. The van der Waals surface area contributed by atoms with Gasteiger partial charge < -0.3 is 23.7 Å². The van der Waals surface area contributed by atoms with E-state index in [4.69, 9.17) is 46.9 Å². The van der Waals surface area contributed by atoms with E-state index < -0.39 is 12.0 Å². The Morgan fingerprint density at radius 1 is 1.04 bits per heavy atom. The summed E-state index contributed by atoms with van der Waals surface area (Å²) in [5.74, 6) is 1.41. The number of aromatic nitrogens is 1. The third kappa shape index (κ3) is 7.44. The third-order valence-electron chi connectivity index (χ3n) is 7.30. The van der Waals surface area contributed by atoms with Crippen LogP contribution in [0.25, 0.3) is 6.08 Å². The minimum atomic E-state index is -0.817. The van der Waals surface area contributed by atoms with Crippen molar-refractivity contribution in [2.75, 3.05) is 20.8 Å². The van der Waals surface area contributed by atoms with Crippen LogP contribution in [0.15, 0.2) is 74.1 Å². The van der Waals surface area contributed by atoms with E-state index in [1.54, 1.807) is 57.4 Å². The predicted molar refractivity (Wildman–Crippen MR) is 191 cm³/mol. The largest absolute Gasteiger partial charge is 0.493 e. The molecule has 0 N–H and O–H groups in total. The van der Waals surface area contributed by atoms with Gasteiger partial charge in [-0.15, -0.1) is 0 Å². The molecule has 1 atom stereocenters. The van der Waals surface area contributed by atoms with Crippen molar-refractivity contribution in [2.45, 2.75) is 46.4 Å². The molecule has 0 radical (unpaired) electrons. The lowest BCUT2D eigenvalue weighted by Crippen LogP contribution is -2.40. The lowest BCUT2D eigenvalue weighted by Gasteiger charge is -2.25. The number of hydrogen-bond donors (Lipinski definition) is 0. The maximum Gasteiger partial charge on any atom is 0.338 e. The van der Waals surface area contributed by atoms with Crippen LogP contribution in [-0.4, -0.2) is 37.5 Å². The molecule has 0 aliphatic carbocycles. The first kappa shape index (κ1) is 35.5. The molecule has 3 aromatic carbocycles. The summed E-state index contributed by atoms with van der Waals surface area (Å²) in [6.45, 7) is 7.70. The first-order valence-electron chi connectivity index (χ1n) is 14.9. The summed E-state index contributed by atoms with van der Waals surface area (Å²) >= 11 is 17.0. The van der Waals surface area contributed by atoms with E-state index in [9.17, 15) is 9.59 Å². The van der Waals surface area contributed by atoms with Gasteiger partial charge in [0.25, 0.3) is 5.56 Å². The number of hydrogen-bond acceptors (Lipinski definition) is 9. The number of halogens is 3. The highest BCUT2D eigenvalue weighted by atomic mass is 79.9. The molecule has 48 heavy (non-hydrogen) atoms. The van der Waals surface area contributed by atoms with Crippen LogP contribution in [0.4, 0.5) is 0 Å². The van der Waals surface area contributed by atoms with Crippen molar-refractivity contribution in [2.24, 2.45) is 4.99 Å². The second kappa shape index (κ2) is 15.2. The highest BCUT2D eigenvalue weighted by Gasteiger charge is 2.34. The number of methoxy groups -OCH3 is 2. The van der Waals surface area contributed by atoms with Crippen LogP contribution in [0.3, 0.4) is 0 Å². The van der Waals surface area contributed by atoms with Crippen molar-refractivity contribution in [3.63, 3.8) is 0 Å². The number of thiazole rings is 1. The minimum absolute atomic E-state index is 0.0819. The molecule has 0 bridgehead atoms. The monoisotopic (exact) mass is 774 g/mol. The molecule has 0 spiro atoms. The molecule has 0 unspecified atom stereocenters. The van der Waals surface area contributed by atoms with E-state index in [1.165, 1.54) is 23.0 Å². The zero-order valence-corrected chi connectivity index (χ0v) is 31.0. The maximum absolute atomic E-state index is 14.2. The Kier molecular flexibility index (Phi) is 11.2. The van der Waals surface area contributed by atoms with Crippen LogP contribution in [-0.2, 0) is 16.1 Å². The van der Waals surface area contributed by atoms with E-state index in [2.05, 4.69) is 20.9 Å². The molecule has 1 aliphatic heterocycles. The fraction of sp³-hybridized carbons (Fsp3) is 0.286. The van der Waals surface area contributed by atoms with Crippen molar-refractivity contribution in [3.05, 3.63) is 111 Å². The van der Waals surface area contributed by atoms with Crippen molar-refractivity contribution >= 4 is 62.5 Å². The highest BCUT2D eigenvalue weighted by molar-refractivity contribution is 9.10. The lowest BCUT2D eigenvalue weighted by atomic mass is 9.95. The Hall–Kier alpha value is -3.77. The average molecular weight is 777 g/mol. The summed E-state index contributed by atoms with van der Waals surface area (Å²) in [6, 6.07) is 13.4. The quantitative estimate of drug-likeness (QED) is 0.148. The number of rotatable bonds is 11. The molecule has 4 aromatic rings. The predicted octanol–water partition coefficient (Wildman–Crippen LogP) is 7.25. The zero-order valence-electron chi connectivity index (χ0n) is 27.1. The average Bonchev–Trinajstić information content (AvgIpc) is 3.34. The third-order valence-corrected chi connectivity index (χ3v) is 9.61. The first-order valence-corrected chi connectivity index (χ1v) is 17.3. The number of allylic oxidation sites excluding steroid dienone is 1. The Labute approximate surface area is 300 Å². The first-order chi connectivity index (χ1) is 22.9. The molecular weight excluding hydrogens is 743 g/mol. The fourth-order valence-corrected chi connectivity index (χ4v) is 7.15. The number of benzene rings is 3. The SMILES string of the molecule is CCOC(=O)C1=C(C)N=c2s/c(=C\c3cc(Br)c(OCc4ccc(Cl)c(Cl)c4)c(OC)c3)c(=O)n2[C@@H]1c1ccc(OC(C)C)c(OC)c1. The number of esters is 1. The van der Waals surface area contributed by atoms with Gasteiger partial charge in [-0.25, -0.2) is 9.79 Å². The van der Waals surface area contributed by atoms with E-state index in [0.29, 0.717) is 63.7 Å². The molecule has 0 saturated heterocycles. The van der Waals surface area contributed by atoms with Crippen LogP contribution < -0.4 is 33.8 Å². The van der Waals surface area contributed by atoms with Crippen molar-refractivity contribution in [1.29, 1.82) is 0 Å². The van der Waals surface area contributed by atoms with E-state index in [0.717, 1.165) is 5.56 Å². The smallest absolute Gasteiger partial charge is 0.338 e. The fourth-order valence-electron chi connectivity index (χ4n) is 5.21. The Balaban J connectivity index is 1.58. The van der Waals surface area contributed by atoms with Crippen LogP contribution in [0.5, 0.6) is 23.0 Å². The van der Waals surface area contributed by atoms with Gasteiger partial charge in [0.1, 0.15) is 6.61 Å². The molecule has 9 nitrogen and oxygen atoms in total. The molecule has 252 valence electrons. The molecule has 5 rings (SSSR count). The summed E-state index contributed by atoms with van der Waals surface area (Å²) in [4.78, 5) is 32.6. The molecule has 0 saturated carbocycles. The van der Waals surface area contributed by atoms with Gasteiger partial charge in [0.15, 0.2) is 27.8 Å². The normalized spacial score (nSPS) is 14.5. The van der Waals surface area contributed by atoms with Gasteiger partial charge in [0.05, 0.1) is 63.3 Å². The molecule has 1 aliphatic rings. The topological polar surface area (TPSA) is 97.6 Å². The Morgan fingerprint density at radius 2 is 1.79 bits per heavy atom. The Bertz CT molecular complexity index is 2090. The molecule has 13 heteroatoms. The molecule has 0 fully saturated rings. The molecule has 0 amide bonds. The van der Waals surface area contributed by atoms with Gasteiger partial charge in [-0.2, -0.15) is 0 Å². The van der Waals surface area contributed by atoms with E-state index in [-0.39, 0.29) is 30.5 Å². The van der Waals surface area contributed by atoms with Crippen LogP contribution in [0.2, 0.25) is 10.0 Å². The molecule has 1 aromatic heterocycles. The number of carbonyl (C=O) groups is 1. The van der Waals surface area contributed by atoms with Crippen molar-refractivity contribution in [1.82, 2.24) is 4.57 Å². The van der Waals surface area contributed by atoms with Gasteiger partial charge in [-0.05, 0) is 103 Å². The van der Waals surface area contributed by atoms with E-state index in [1.807, 2.05) is 32.0 Å². The van der Waals surface area contributed by atoms with Crippen LogP contribution in [0, 0.1) is 0 Å². The summed E-state index contributed by atoms with van der Waals surface area (Å²) in [7, 11) is 3.08. The van der Waals surface area contributed by atoms with Gasteiger partial charge in [0, 0.05) is 0 Å². The second-order valence-electron chi connectivity index (χ2n) is 11.0. The summed E-state index contributed by atoms with van der Waals surface area (Å²) in [5, 5.41) is 0.894. The van der Waals surface area contributed by atoms with Crippen molar-refractivity contribution < 1.29 is 28.5 Å². The van der Waals surface area contributed by atoms with Gasteiger partial charge in [-0.3, -0.25) is 9.36 Å². The maximum atomic E-state index is 14.2. The van der Waals surface area contributed by atoms with Crippen LogP contribution in [0.1, 0.15) is 50.4 Å². The molecule has 2 heterocycles. The standard InChI is InChI=1S/C35H33BrCl2N2O7S/c1-7-45-34(42)30-19(4)39-35-40(31(30)22-9-11-26(47-18(2)3)27(16-22)43-5)33(41)29(48-35)15-21-12-23(36)32(28(14-21)44-6)46-17-20-8-10-24(37)25(38)13-20/h8-16,18,31H,7,17H2,1-6H3/b29-15-/t31-/m1/s1. The second-order valence-corrected chi connectivity index (χ2v) is 13.6. The summed E-state index contributed by atoms with van der Waals surface area (Å²) < 4.78 is 31.3. The van der Waals surface area contributed by atoms with Gasteiger partial charge in [-0.1, -0.05) is 46.7 Å².